The number of hydrogen-bond donors (Lipinski definition) is 2. The lowest BCUT2D eigenvalue weighted by molar-refractivity contribution is -0.139. The summed E-state index contributed by atoms with van der Waals surface area (Å²) in [5.41, 5.74) is -0.683. The minimum absolute atomic E-state index is 0.0731. The average molecular weight is 247 g/mol. The maximum atomic E-state index is 11.7. The summed E-state index contributed by atoms with van der Waals surface area (Å²) in [6.07, 6.45) is 1.67. The Morgan fingerprint density at radius 2 is 2.31 bits per heavy atom. The molecule has 5 nitrogen and oxygen atoms in total. The maximum Gasteiger partial charge on any atom is 0.313 e. The molecule has 1 atom stereocenters. The van der Waals surface area contributed by atoms with Gasteiger partial charge in [-0.25, -0.2) is 0 Å². The smallest absolute Gasteiger partial charge is 0.313 e. The van der Waals surface area contributed by atoms with Crippen molar-refractivity contribution in [3.63, 3.8) is 0 Å². The second-order valence-corrected chi connectivity index (χ2v) is 4.99. The number of carbonyl (C=O) groups is 2. The van der Waals surface area contributed by atoms with Gasteiger partial charge in [-0.2, -0.15) is 0 Å². The lowest BCUT2D eigenvalue weighted by Crippen LogP contribution is -2.44. The van der Waals surface area contributed by atoms with Crippen molar-refractivity contribution in [2.75, 3.05) is 24.7 Å². The van der Waals surface area contributed by atoms with Gasteiger partial charge in [-0.05, 0) is 19.8 Å². The topological polar surface area (TPSA) is 75.6 Å². The van der Waals surface area contributed by atoms with E-state index in [4.69, 9.17) is 9.84 Å². The van der Waals surface area contributed by atoms with Crippen LogP contribution in [0.1, 0.15) is 19.8 Å². The molecular weight excluding hydrogens is 230 g/mol. The molecule has 92 valence electrons. The van der Waals surface area contributed by atoms with Crippen LogP contribution < -0.4 is 5.32 Å². The molecule has 0 bridgehead atoms. The van der Waals surface area contributed by atoms with Gasteiger partial charge in [0, 0.05) is 18.9 Å². The van der Waals surface area contributed by atoms with Gasteiger partial charge in [-0.15, -0.1) is 11.8 Å². The van der Waals surface area contributed by atoms with Crippen LogP contribution in [0.25, 0.3) is 0 Å². The van der Waals surface area contributed by atoms with E-state index in [2.05, 4.69) is 5.32 Å². The van der Waals surface area contributed by atoms with E-state index in [1.165, 1.54) is 11.8 Å². The number of ether oxygens (including phenoxy) is 1. The van der Waals surface area contributed by atoms with Crippen LogP contribution >= 0.6 is 11.8 Å². The van der Waals surface area contributed by atoms with E-state index in [-0.39, 0.29) is 11.7 Å². The Kier molecular flexibility index (Phi) is 5.08. The molecule has 1 amide bonds. The molecular formula is C10H17NO4S. The van der Waals surface area contributed by atoms with E-state index in [0.717, 1.165) is 12.8 Å². The summed E-state index contributed by atoms with van der Waals surface area (Å²) < 4.78 is 5.38. The van der Waals surface area contributed by atoms with E-state index in [9.17, 15) is 9.59 Å². The minimum Gasteiger partial charge on any atom is -0.481 e. The van der Waals surface area contributed by atoms with Crippen molar-refractivity contribution in [2.24, 2.45) is 0 Å². The van der Waals surface area contributed by atoms with Crippen molar-refractivity contribution in [1.82, 2.24) is 5.32 Å². The molecule has 0 aromatic rings. The van der Waals surface area contributed by atoms with Crippen LogP contribution in [0.3, 0.4) is 0 Å². The molecule has 0 saturated carbocycles. The van der Waals surface area contributed by atoms with Crippen LogP contribution in [0.4, 0.5) is 0 Å². The Balaban J connectivity index is 2.13. The van der Waals surface area contributed by atoms with Crippen LogP contribution in [-0.4, -0.2) is 47.2 Å². The molecule has 6 heteroatoms. The molecule has 0 radical (unpaired) electrons. The quantitative estimate of drug-likeness (QED) is 0.668. The monoisotopic (exact) mass is 247 g/mol. The number of rotatable bonds is 6. The predicted octanol–water partition coefficient (Wildman–Crippen LogP) is 0.489. The number of hydrogen-bond acceptors (Lipinski definition) is 4. The Labute approximate surface area is 98.9 Å². The standard InChI is InChI=1S/C10H17NO4S/c1-10(3-2-5-15-10)9(14)11-4-6-16-7-8(12)13/h2-7H2,1H3,(H,11,14)(H,12,13). The van der Waals surface area contributed by atoms with Crippen LogP contribution in [0.2, 0.25) is 0 Å². The Hall–Kier alpha value is -0.750. The molecule has 1 unspecified atom stereocenters. The first kappa shape index (κ1) is 13.3. The molecule has 1 saturated heterocycles. The number of thioether (sulfide) groups is 1. The highest BCUT2D eigenvalue weighted by molar-refractivity contribution is 7.99. The summed E-state index contributed by atoms with van der Waals surface area (Å²) >= 11 is 1.29. The molecule has 0 aliphatic carbocycles. The largest absolute Gasteiger partial charge is 0.481 e. The van der Waals surface area contributed by atoms with Crippen LogP contribution in [-0.2, 0) is 14.3 Å². The molecule has 2 N–H and O–H groups in total. The zero-order chi connectivity index (χ0) is 12.0. The first-order valence-electron chi connectivity index (χ1n) is 5.26. The van der Waals surface area contributed by atoms with Gasteiger partial charge in [-0.3, -0.25) is 9.59 Å². The zero-order valence-corrected chi connectivity index (χ0v) is 10.1. The maximum absolute atomic E-state index is 11.7. The number of carboxylic acid groups (broad SMARTS) is 1. The third kappa shape index (κ3) is 4.02. The fraction of sp³-hybridized carbons (Fsp3) is 0.800. The van der Waals surface area contributed by atoms with Crippen molar-refractivity contribution >= 4 is 23.6 Å². The van der Waals surface area contributed by atoms with E-state index < -0.39 is 11.6 Å². The second-order valence-electron chi connectivity index (χ2n) is 3.89. The molecule has 0 aromatic heterocycles. The molecule has 1 aliphatic heterocycles. The fourth-order valence-electron chi connectivity index (χ4n) is 1.54. The Morgan fingerprint density at radius 1 is 1.56 bits per heavy atom. The lowest BCUT2D eigenvalue weighted by Gasteiger charge is -2.21. The molecule has 1 aliphatic rings. The van der Waals surface area contributed by atoms with Gasteiger partial charge in [0.05, 0.1) is 5.75 Å². The van der Waals surface area contributed by atoms with Crippen molar-refractivity contribution in [3.8, 4) is 0 Å². The summed E-state index contributed by atoms with van der Waals surface area (Å²) in [5.74, 6) is -0.249. The molecule has 0 spiro atoms. The predicted molar refractivity (Wildman–Crippen MR) is 61.6 cm³/mol. The number of amides is 1. The summed E-state index contributed by atoms with van der Waals surface area (Å²) in [6.45, 7) is 2.91. The molecule has 16 heavy (non-hydrogen) atoms. The number of nitrogens with one attached hydrogen (secondary N) is 1. The van der Waals surface area contributed by atoms with Crippen molar-refractivity contribution in [2.45, 2.75) is 25.4 Å². The van der Waals surface area contributed by atoms with Crippen LogP contribution in [0.15, 0.2) is 0 Å². The van der Waals surface area contributed by atoms with Gasteiger partial charge < -0.3 is 15.2 Å². The summed E-state index contributed by atoms with van der Waals surface area (Å²) in [6, 6.07) is 0. The van der Waals surface area contributed by atoms with Crippen LogP contribution in [0.5, 0.6) is 0 Å². The Bertz CT molecular complexity index is 264. The molecule has 1 heterocycles. The number of aliphatic carboxylic acids is 1. The highest BCUT2D eigenvalue weighted by atomic mass is 32.2. The first-order chi connectivity index (χ1) is 7.54. The SMILES string of the molecule is CC1(C(=O)NCCSCC(=O)O)CCCO1. The Morgan fingerprint density at radius 3 is 2.88 bits per heavy atom. The average Bonchev–Trinajstić information content (AvgIpc) is 2.65. The summed E-state index contributed by atoms with van der Waals surface area (Å²) in [4.78, 5) is 21.9. The van der Waals surface area contributed by atoms with E-state index in [1.54, 1.807) is 6.92 Å². The lowest BCUT2D eigenvalue weighted by atomic mass is 10.0. The highest BCUT2D eigenvalue weighted by Gasteiger charge is 2.37. The van der Waals surface area contributed by atoms with Gasteiger partial charge in [0.2, 0.25) is 0 Å². The second kappa shape index (κ2) is 6.10. The normalized spacial score (nSPS) is 24.3. The summed E-state index contributed by atoms with van der Waals surface area (Å²) in [7, 11) is 0. The minimum atomic E-state index is -0.831. The molecule has 1 fully saturated rings. The van der Waals surface area contributed by atoms with Gasteiger partial charge in [0.1, 0.15) is 5.60 Å². The third-order valence-corrected chi connectivity index (χ3v) is 3.40. The first-order valence-corrected chi connectivity index (χ1v) is 6.42. The molecule has 0 aromatic carbocycles. The summed E-state index contributed by atoms with van der Waals surface area (Å²) in [5, 5.41) is 11.2. The highest BCUT2D eigenvalue weighted by Crippen LogP contribution is 2.24. The van der Waals surface area contributed by atoms with E-state index in [1.807, 2.05) is 0 Å². The van der Waals surface area contributed by atoms with Gasteiger partial charge in [0.15, 0.2) is 0 Å². The van der Waals surface area contributed by atoms with Crippen molar-refractivity contribution < 1.29 is 19.4 Å². The van der Waals surface area contributed by atoms with Crippen LogP contribution in [0, 0.1) is 0 Å². The number of carboxylic acids is 1. The third-order valence-electron chi connectivity index (χ3n) is 2.46. The van der Waals surface area contributed by atoms with Crippen molar-refractivity contribution in [1.29, 1.82) is 0 Å². The van der Waals surface area contributed by atoms with Gasteiger partial charge in [-0.1, -0.05) is 0 Å². The van der Waals surface area contributed by atoms with Crippen molar-refractivity contribution in [3.05, 3.63) is 0 Å². The van der Waals surface area contributed by atoms with Gasteiger partial charge >= 0.3 is 5.97 Å². The van der Waals surface area contributed by atoms with E-state index in [0.29, 0.717) is 18.9 Å². The number of carbonyl (C=O) groups excluding carboxylic acids is 1. The molecule has 1 rings (SSSR count). The van der Waals surface area contributed by atoms with Gasteiger partial charge in [0.25, 0.3) is 5.91 Å². The van der Waals surface area contributed by atoms with E-state index >= 15 is 0 Å². The fourth-order valence-corrected chi connectivity index (χ4v) is 2.11. The zero-order valence-electron chi connectivity index (χ0n) is 9.32.